The third kappa shape index (κ3) is 2.94. The predicted molar refractivity (Wildman–Crippen MR) is 67.4 cm³/mol. The second-order valence-electron chi connectivity index (χ2n) is 3.54. The number of hydrogen-bond donors (Lipinski definition) is 1. The number of methoxy groups -OCH3 is 3. The van der Waals surface area contributed by atoms with Crippen molar-refractivity contribution in [2.75, 3.05) is 21.3 Å². The Morgan fingerprint density at radius 2 is 1.61 bits per heavy atom. The van der Waals surface area contributed by atoms with Gasteiger partial charge in [0.1, 0.15) is 0 Å². The summed E-state index contributed by atoms with van der Waals surface area (Å²) in [6, 6.07) is 3.28. The van der Waals surface area contributed by atoms with Crippen molar-refractivity contribution in [3.63, 3.8) is 0 Å². The Hall–Kier alpha value is -2.17. The maximum atomic E-state index is 11.0. The number of Topliss-reactive ketones (excluding diaryl/α,β-unsaturated/α-hetero) is 1. The molecular formula is C13H16O5. The first kappa shape index (κ1) is 13.9. The van der Waals surface area contributed by atoms with Crippen LogP contribution in [0, 0.1) is 0 Å². The fourth-order valence-corrected chi connectivity index (χ4v) is 1.44. The van der Waals surface area contributed by atoms with Gasteiger partial charge < -0.3 is 19.3 Å². The summed E-state index contributed by atoms with van der Waals surface area (Å²) < 4.78 is 15.5. The number of aliphatic hydroxyl groups is 1. The summed E-state index contributed by atoms with van der Waals surface area (Å²) in [5, 5.41) is 9.43. The van der Waals surface area contributed by atoms with E-state index in [1.807, 2.05) is 0 Å². The number of rotatable bonds is 5. The van der Waals surface area contributed by atoms with Gasteiger partial charge in [-0.15, -0.1) is 0 Å². The van der Waals surface area contributed by atoms with Gasteiger partial charge in [0.15, 0.2) is 23.0 Å². The summed E-state index contributed by atoms with van der Waals surface area (Å²) in [5.74, 6) is 0.631. The normalized spacial score (nSPS) is 11.0. The van der Waals surface area contributed by atoms with Crippen molar-refractivity contribution in [1.82, 2.24) is 0 Å². The number of ketones is 1. The quantitative estimate of drug-likeness (QED) is 0.643. The van der Waals surface area contributed by atoms with Gasteiger partial charge in [0.05, 0.1) is 21.3 Å². The Bertz CT molecular complexity index is 451. The minimum Gasteiger partial charge on any atom is -0.504 e. The second-order valence-corrected chi connectivity index (χ2v) is 3.54. The van der Waals surface area contributed by atoms with Crippen molar-refractivity contribution in [1.29, 1.82) is 0 Å². The minimum atomic E-state index is -0.413. The number of allylic oxidation sites excluding steroid dienone is 1. The zero-order valence-corrected chi connectivity index (χ0v) is 10.8. The number of hydrogen-bond acceptors (Lipinski definition) is 5. The van der Waals surface area contributed by atoms with Crippen molar-refractivity contribution >= 4 is 11.9 Å². The van der Waals surface area contributed by atoms with E-state index in [0.717, 1.165) is 0 Å². The van der Waals surface area contributed by atoms with Crippen LogP contribution in [-0.2, 0) is 4.79 Å². The summed E-state index contributed by atoms with van der Waals surface area (Å²) in [7, 11) is 4.49. The molecule has 0 aliphatic rings. The van der Waals surface area contributed by atoms with E-state index in [-0.39, 0.29) is 5.76 Å². The van der Waals surface area contributed by atoms with Crippen LogP contribution in [0.25, 0.3) is 6.08 Å². The monoisotopic (exact) mass is 252 g/mol. The molecule has 18 heavy (non-hydrogen) atoms. The molecule has 98 valence electrons. The summed E-state index contributed by atoms with van der Waals surface area (Å²) >= 11 is 0. The van der Waals surface area contributed by atoms with Gasteiger partial charge in [-0.3, -0.25) is 4.79 Å². The van der Waals surface area contributed by atoms with E-state index in [1.54, 1.807) is 12.1 Å². The Labute approximate surface area is 106 Å². The number of carbonyl (C=O) groups excluding carboxylic acids is 1. The lowest BCUT2D eigenvalue weighted by Crippen LogP contribution is -1.97. The van der Waals surface area contributed by atoms with Crippen molar-refractivity contribution in [2.24, 2.45) is 0 Å². The zero-order chi connectivity index (χ0) is 13.7. The fourth-order valence-electron chi connectivity index (χ4n) is 1.44. The second kappa shape index (κ2) is 5.95. The van der Waals surface area contributed by atoms with E-state index in [2.05, 4.69) is 0 Å². The van der Waals surface area contributed by atoms with E-state index < -0.39 is 5.78 Å². The van der Waals surface area contributed by atoms with E-state index in [1.165, 1.54) is 34.3 Å². The number of carbonyl (C=O) groups is 1. The molecule has 0 heterocycles. The summed E-state index contributed by atoms with van der Waals surface area (Å²) in [5.41, 5.74) is 0.581. The van der Waals surface area contributed by atoms with Crippen LogP contribution >= 0.6 is 0 Å². The molecule has 0 radical (unpaired) electrons. The van der Waals surface area contributed by atoms with Crippen LogP contribution in [0.1, 0.15) is 12.5 Å². The van der Waals surface area contributed by atoms with Crippen LogP contribution in [0.5, 0.6) is 17.2 Å². The molecule has 1 N–H and O–H groups in total. The van der Waals surface area contributed by atoms with Gasteiger partial charge in [0.2, 0.25) is 5.75 Å². The van der Waals surface area contributed by atoms with Crippen LogP contribution < -0.4 is 14.2 Å². The SMILES string of the molecule is COc1cc(/C=C(\O)C(C)=O)cc(OC)c1OC. The molecule has 0 fully saturated rings. The lowest BCUT2D eigenvalue weighted by atomic mass is 10.1. The first-order chi connectivity index (χ1) is 8.53. The number of benzene rings is 1. The molecule has 1 aromatic rings. The topological polar surface area (TPSA) is 65.0 Å². The van der Waals surface area contributed by atoms with E-state index >= 15 is 0 Å². The van der Waals surface area contributed by atoms with Crippen molar-refractivity contribution in [3.05, 3.63) is 23.5 Å². The van der Waals surface area contributed by atoms with E-state index in [4.69, 9.17) is 14.2 Å². The number of ether oxygens (including phenoxy) is 3. The average Bonchev–Trinajstić information content (AvgIpc) is 2.37. The molecule has 0 aliphatic carbocycles. The van der Waals surface area contributed by atoms with Crippen LogP contribution in [0.3, 0.4) is 0 Å². The smallest absolute Gasteiger partial charge is 0.203 e. The predicted octanol–water partition coefficient (Wildman–Crippen LogP) is 2.20. The fraction of sp³-hybridized carbons (Fsp3) is 0.308. The third-order valence-corrected chi connectivity index (χ3v) is 2.35. The highest BCUT2D eigenvalue weighted by atomic mass is 16.5. The van der Waals surface area contributed by atoms with Crippen LogP contribution in [0.15, 0.2) is 17.9 Å². The van der Waals surface area contributed by atoms with Gasteiger partial charge in [-0.05, 0) is 23.8 Å². The highest BCUT2D eigenvalue weighted by molar-refractivity contribution is 5.95. The molecule has 0 saturated heterocycles. The number of aliphatic hydroxyl groups excluding tert-OH is 1. The molecule has 0 saturated carbocycles. The van der Waals surface area contributed by atoms with E-state index in [9.17, 15) is 9.90 Å². The van der Waals surface area contributed by atoms with Crippen LogP contribution in [0.4, 0.5) is 0 Å². The molecule has 0 spiro atoms. The maximum Gasteiger partial charge on any atom is 0.203 e. The van der Waals surface area contributed by atoms with Gasteiger partial charge in [0, 0.05) is 6.92 Å². The van der Waals surface area contributed by atoms with Gasteiger partial charge >= 0.3 is 0 Å². The van der Waals surface area contributed by atoms with Crippen LogP contribution in [0.2, 0.25) is 0 Å². The summed E-state index contributed by atoms with van der Waals surface area (Å²) in [6.07, 6.45) is 1.34. The van der Waals surface area contributed by atoms with Gasteiger partial charge in [-0.2, -0.15) is 0 Å². The average molecular weight is 252 g/mol. The van der Waals surface area contributed by atoms with Gasteiger partial charge in [-0.25, -0.2) is 0 Å². The molecule has 0 bridgehead atoms. The van der Waals surface area contributed by atoms with Gasteiger partial charge in [-0.1, -0.05) is 0 Å². The molecule has 0 amide bonds. The molecule has 0 aromatic heterocycles. The maximum absolute atomic E-state index is 11.0. The first-order valence-electron chi connectivity index (χ1n) is 5.25. The molecule has 1 aromatic carbocycles. The van der Waals surface area contributed by atoms with E-state index in [0.29, 0.717) is 22.8 Å². The summed E-state index contributed by atoms with van der Waals surface area (Å²) in [6.45, 7) is 1.28. The Balaban J connectivity index is 3.32. The summed E-state index contributed by atoms with van der Waals surface area (Å²) in [4.78, 5) is 11.0. The minimum absolute atomic E-state index is 0.329. The first-order valence-corrected chi connectivity index (χ1v) is 5.25. The van der Waals surface area contributed by atoms with Gasteiger partial charge in [0.25, 0.3) is 0 Å². The molecule has 0 unspecified atom stereocenters. The standard InChI is InChI=1S/C13H16O5/c1-8(14)10(15)5-9-6-11(16-2)13(18-4)12(7-9)17-3/h5-7,15H,1-4H3/b10-5-. The molecule has 0 atom stereocenters. The van der Waals surface area contributed by atoms with Crippen molar-refractivity contribution in [3.8, 4) is 17.2 Å². The highest BCUT2D eigenvalue weighted by Gasteiger charge is 2.13. The third-order valence-electron chi connectivity index (χ3n) is 2.35. The Morgan fingerprint density at radius 3 is 1.94 bits per heavy atom. The Kier molecular flexibility index (Phi) is 4.59. The molecular weight excluding hydrogens is 236 g/mol. The zero-order valence-electron chi connectivity index (χ0n) is 10.8. The highest BCUT2D eigenvalue weighted by Crippen LogP contribution is 2.38. The van der Waals surface area contributed by atoms with Crippen molar-refractivity contribution < 1.29 is 24.1 Å². The largest absolute Gasteiger partial charge is 0.504 e. The lowest BCUT2D eigenvalue weighted by molar-refractivity contribution is -0.115. The molecule has 5 heteroatoms. The van der Waals surface area contributed by atoms with Crippen LogP contribution in [-0.4, -0.2) is 32.2 Å². The molecule has 5 nitrogen and oxygen atoms in total. The lowest BCUT2D eigenvalue weighted by Gasteiger charge is -2.12. The molecule has 0 aliphatic heterocycles. The molecule has 1 rings (SSSR count). The Morgan fingerprint density at radius 1 is 1.11 bits per heavy atom. The van der Waals surface area contributed by atoms with Crippen molar-refractivity contribution in [2.45, 2.75) is 6.92 Å².